The molecule has 0 aliphatic carbocycles. The van der Waals surface area contributed by atoms with Crippen LogP contribution in [-0.2, 0) is 6.54 Å². The Hall–Kier alpha value is -2.19. The molecule has 0 saturated heterocycles. The van der Waals surface area contributed by atoms with Crippen LogP contribution in [0.25, 0.3) is 10.8 Å². The van der Waals surface area contributed by atoms with E-state index in [1.165, 1.54) is 21.9 Å². The van der Waals surface area contributed by atoms with Gasteiger partial charge in [0, 0.05) is 25.0 Å². The summed E-state index contributed by atoms with van der Waals surface area (Å²) < 4.78 is 0. The van der Waals surface area contributed by atoms with Crippen molar-refractivity contribution in [3.63, 3.8) is 0 Å². The SMILES string of the molecule is C[C@H](c1cccnc1)N(C)Cc1ccc2ccccc2c1. The number of rotatable bonds is 4. The molecule has 1 heterocycles. The first-order chi connectivity index (χ1) is 10.2. The molecular formula is C19H20N2. The molecule has 106 valence electrons. The van der Waals surface area contributed by atoms with Gasteiger partial charge < -0.3 is 0 Å². The number of fused-ring (bicyclic) bond motifs is 1. The fraction of sp³-hybridized carbons (Fsp3) is 0.211. The maximum absolute atomic E-state index is 4.21. The lowest BCUT2D eigenvalue weighted by Crippen LogP contribution is -2.21. The number of aromatic nitrogens is 1. The number of benzene rings is 2. The van der Waals surface area contributed by atoms with Crippen molar-refractivity contribution in [2.75, 3.05) is 7.05 Å². The zero-order valence-corrected chi connectivity index (χ0v) is 12.5. The van der Waals surface area contributed by atoms with Crippen LogP contribution in [0.4, 0.5) is 0 Å². The minimum atomic E-state index is 0.352. The van der Waals surface area contributed by atoms with E-state index >= 15 is 0 Å². The van der Waals surface area contributed by atoms with E-state index in [9.17, 15) is 0 Å². The molecule has 0 bridgehead atoms. The quantitative estimate of drug-likeness (QED) is 0.701. The average Bonchev–Trinajstić information content (AvgIpc) is 2.55. The van der Waals surface area contributed by atoms with Gasteiger partial charge in [-0.3, -0.25) is 9.88 Å². The van der Waals surface area contributed by atoms with Crippen molar-refractivity contribution in [1.82, 2.24) is 9.88 Å². The molecule has 0 amide bonds. The molecule has 0 spiro atoms. The topological polar surface area (TPSA) is 16.1 Å². The molecule has 0 aliphatic rings. The summed E-state index contributed by atoms with van der Waals surface area (Å²) in [5.41, 5.74) is 2.59. The van der Waals surface area contributed by atoms with Crippen LogP contribution >= 0.6 is 0 Å². The molecule has 3 aromatic rings. The Bertz CT molecular complexity index is 722. The van der Waals surface area contributed by atoms with Gasteiger partial charge in [-0.25, -0.2) is 0 Å². The van der Waals surface area contributed by atoms with Gasteiger partial charge in [0.15, 0.2) is 0 Å². The van der Waals surface area contributed by atoms with Crippen molar-refractivity contribution in [1.29, 1.82) is 0 Å². The van der Waals surface area contributed by atoms with E-state index in [1.54, 1.807) is 0 Å². The summed E-state index contributed by atoms with van der Waals surface area (Å²) in [5, 5.41) is 2.60. The third-order valence-corrected chi connectivity index (χ3v) is 4.07. The first kappa shape index (κ1) is 13.8. The van der Waals surface area contributed by atoms with Crippen LogP contribution in [0.5, 0.6) is 0 Å². The van der Waals surface area contributed by atoms with Gasteiger partial charge in [-0.15, -0.1) is 0 Å². The summed E-state index contributed by atoms with van der Waals surface area (Å²) >= 11 is 0. The molecule has 0 radical (unpaired) electrons. The van der Waals surface area contributed by atoms with Crippen LogP contribution in [-0.4, -0.2) is 16.9 Å². The van der Waals surface area contributed by atoms with E-state index in [-0.39, 0.29) is 0 Å². The molecule has 2 nitrogen and oxygen atoms in total. The Labute approximate surface area is 126 Å². The molecule has 0 unspecified atom stereocenters. The van der Waals surface area contributed by atoms with E-state index in [4.69, 9.17) is 0 Å². The van der Waals surface area contributed by atoms with Gasteiger partial charge in [0.2, 0.25) is 0 Å². The minimum Gasteiger partial charge on any atom is -0.295 e. The molecule has 1 atom stereocenters. The predicted octanol–water partition coefficient (Wildman–Crippen LogP) is 4.43. The van der Waals surface area contributed by atoms with Gasteiger partial charge in [0.25, 0.3) is 0 Å². The van der Waals surface area contributed by atoms with E-state index in [0.29, 0.717) is 6.04 Å². The van der Waals surface area contributed by atoms with E-state index < -0.39 is 0 Å². The zero-order chi connectivity index (χ0) is 14.7. The van der Waals surface area contributed by atoms with Gasteiger partial charge in [-0.05, 0) is 48.0 Å². The largest absolute Gasteiger partial charge is 0.295 e. The summed E-state index contributed by atoms with van der Waals surface area (Å²) in [5.74, 6) is 0. The van der Waals surface area contributed by atoms with Crippen molar-refractivity contribution in [3.8, 4) is 0 Å². The molecule has 3 rings (SSSR count). The van der Waals surface area contributed by atoms with Gasteiger partial charge in [-0.2, -0.15) is 0 Å². The van der Waals surface area contributed by atoms with Gasteiger partial charge in [0.05, 0.1) is 0 Å². The standard InChI is InChI=1S/C19H20N2/c1-15(19-8-5-11-20-13-19)21(2)14-16-9-10-17-6-3-4-7-18(17)12-16/h3-13,15H,14H2,1-2H3/t15-/m1/s1. The molecule has 2 aromatic carbocycles. The molecule has 2 heteroatoms. The smallest absolute Gasteiger partial charge is 0.0335 e. The second-order valence-electron chi connectivity index (χ2n) is 5.56. The van der Waals surface area contributed by atoms with Gasteiger partial charge >= 0.3 is 0 Å². The van der Waals surface area contributed by atoms with E-state index in [0.717, 1.165) is 6.54 Å². The van der Waals surface area contributed by atoms with Crippen LogP contribution in [0.3, 0.4) is 0 Å². The molecular weight excluding hydrogens is 256 g/mol. The lowest BCUT2D eigenvalue weighted by molar-refractivity contribution is 0.253. The number of hydrogen-bond donors (Lipinski definition) is 0. The maximum atomic E-state index is 4.21. The van der Waals surface area contributed by atoms with Gasteiger partial charge in [-0.1, -0.05) is 42.5 Å². The highest BCUT2D eigenvalue weighted by Gasteiger charge is 2.12. The fourth-order valence-corrected chi connectivity index (χ4v) is 2.64. The number of nitrogens with zero attached hydrogens (tertiary/aromatic N) is 2. The Morgan fingerprint density at radius 1 is 1.00 bits per heavy atom. The summed E-state index contributed by atoms with van der Waals surface area (Å²) in [6.45, 7) is 3.15. The summed E-state index contributed by atoms with van der Waals surface area (Å²) in [6.07, 6.45) is 3.76. The Balaban J connectivity index is 1.78. The highest BCUT2D eigenvalue weighted by Crippen LogP contribution is 2.21. The predicted molar refractivity (Wildman–Crippen MR) is 88.1 cm³/mol. The van der Waals surface area contributed by atoms with Crippen LogP contribution < -0.4 is 0 Å². The first-order valence-corrected chi connectivity index (χ1v) is 7.32. The van der Waals surface area contributed by atoms with E-state index in [1.807, 2.05) is 18.5 Å². The van der Waals surface area contributed by atoms with Gasteiger partial charge in [0.1, 0.15) is 0 Å². The van der Waals surface area contributed by atoms with Crippen molar-refractivity contribution >= 4 is 10.8 Å². The second kappa shape index (κ2) is 6.06. The molecule has 0 saturated carbocycles. The highest BCUT2D eigenvalue weighted by molar-refractivity contribution is 5.82. The average molecular weight is 276 g/mol. The van der Waals surface area contributed by atoms with Crippen molar-refractivity contribution < 1.29 is 0 Å². The van der Waals surface area contributed by atoms with Crippen LogP contribution in [0.1, 0.15) is 24.1 Å². The van der Waals surface area contributed by atoms with Crippen molar-refractivity contribution in [2.24, 2.45) is 0 Å². The Morgan fingerprint density at radius 2 is 1.81 bits per heavy atom. The lowest BCUT2D eigenvalue weighted by atomic mass is 10.1. The summed E-state index contributed by atoms with van der Waals surface area (Å²) in [4.78, 5) is 6.56. The third kappa shape index (κ3) is 3.11. The monoisotopic (exact) mass is 276 g/mol. The zero-order valence-electron chi connectivity index (χ0n) is 12.5. The number of pyridine rings is 1. The fourth-order valence-electron chi connectivity index (χ4n) is 2.64. The van der Waals surface area contributed by atoms with Crippen molar-refractivity contribution in [3.05, 3.63) is 78.1 Å². The van der Waals surface area contributed by atoms with Crippen LogP contribution in [0.2, 0.25) is 0 Å². The highest BCUT2D eigenvalue weighted by atomic mass is 15.1. The number of hydrogen-bond acceptors (Lipinski definition) is 2. The Morgan fingerprint density at radius 3 is 2.57 bits per heavy atom. The molecule has 21 heavy (non-hydrogen) atoms. The van der Waals surface area contributed by atoms with E-state index in [2.05, 4.69) is 72.4 Å². The minimum absolute atomic E-state index is 0.352. The lowest BCUT2D eigenvalue weighted by Gasteiger charge is -2.25. The first-order valence-electron chi connectivity index (χ1n) is 7.32. The molecule has 0 aliphatic heterocycles. The third-order valence-electron chi connectivity index (χ3n) is 4.07. The van der Waals surface area contributed by atoms with Crippen LogP contribution in [0, 0.1) is 0 Å². The molecule has 0 fully saturated rings. The normalized spacial score (nSPS) is 12.7. The summed E-state index contributed by atoms with van der Waals surface area (Å²) in [6, 6.07) is 19.7. The molecule has 1 aromatic heterocycles. The van der Waals surface area contributed by atoms with Crippen LogP contribution in [0.15, 0.2) is 67.0 Å². The summed E-state index contributed by atoms with van der Waals surface area (Å²) in [7, 11) is 2.16. The second-order valence-corrected chi connectivity index (χ2v) is 5.56. The Kier molecular flexibility index (Phi) is 3.98. The maximum Gasteiger partial charge on any atom is 0.0335 e. The van der Waals surface area contributed by atoms with Crippen molar-refractivity contribution in [2.45, 2.75) is 19.5 Å². The molecule has 0 N–H and O–H groups in total.